The van der Waals surface area contributed by atoms with Crippen LogP contribution < -0.4 is 14.8 Å². The quantitative estimate of drug-likeness (QED) is 0.839. The van der Waals surface area contributed by atoms with Crippen molar-refractivity contribution in [3.63, 3.8) is 0 Å². The highest BCUT2D eigenvalue weighted by Gasteiger charge is 2.19. The van der Waals surface area contributed by atoms with Gasteiger partial charge in [-0.1, -0.05) is 13.0 Å². The van der Waals surface area contributed by atoms with Crippen molar-refractivity contribution in [3.05, 3.63) is 23.8 Å². The van der Waals surface area contributed by atoms with E-state index in [0.29, 0.717) is 6.61 Å². The van der Waals surface area contributed by atoms with E-state index in [0.717, 1.165) is 37.6 Å². The molecule has 1 heterocycles. The predicted octanol–water partition coefficient (Wildman–Crippen LogP) is 1.97. The lowest BCUT2D eigenvalue weighted by Gasteiger charge is -2.15. The smallest absolute Gasteiger partial charge is 0.161 e. The summed E-state index contributed by atoms with van der Waals surface area (Å²) in [4.78, 5) is 0. The molecule has 1 aromatic rings. The molecule has 0 aromatic heterocycles. The fraction of sp³-hybridized carbons (Fsp3) is 0.571. The molecular weight excluding hydrogens is 230 g/mol. The minimum atomic E-state index is 0.151. The van der Waals surface area contributed by atoms with Crippen LogP contribution in [0, 0.1) is 0 Å². The molecule has 0 radical (unpaired) electrons. The summed E-state index contributed by atoms with van der Waals surface area (Å²) in [6.45, 7) is 5.35. The monoisotopic (exact) mass is 251 g/mol. The van der Waals surface area contributed by atoms with Gasteiger partial charge in [0, 0.05) is 13.0 Å². The summed E-state index contributed by atoms with van der Waals surface area (Å²) in [5.41, 5.74) is 1.20. The van der Waals surface area contributed by atoms with E-state index in [1.54, 1.807) is 7.11 Å². The Morgan fingerprint density at radius 1 is 1.39 bits per heavy atom. The van der Waals surface area contributed by atoms with Gasteiger partial charge in [0.25, 0.3) is 0 Å². The first-order valence-corrected chi connectivity index (χ1v) is 6.45. The number of hydrogen-bond acceptors (Lipinski definition) is 4. The van der Waals surface area contributed by atoms with E-state index in [4.69, 9.17) is 14.2 Å². The molecule has 1 N–H and O–H groups in total. The fourth-order valence-electron chi connectivity index (χ4n) is 1.97. The molecule has 0 saturated carbocycles. The maximum absolute atomic E-state index is 5.89. The number of benzene rings is 1. The maximum Gasteiger partial charge on any atom is 0.161 e. The van der Waals surface area contributed by atoms with Gasteiger partial charge in [-0.3, -0.25) is 0 Å². The van der Waals surface area contributed by atoms with Crippen molar-refractivity contribution in [2.24, 2.45) is 0 Å². The second kappa shape index (κ2) is 6.61. The lowest BCUT2D eigenvalue weighted by Crippen LogP contribution is -2.16. The molecule has 0 aliphatic carbocycles. The van der Waals surface area contributed by atoms with Crippen LogP contribution in [0.25, 0.3) is 0 Å². The van der Waals surface area contributed by atoms with Gasteiger partial charge in [0.2, 0.25) is 0 Å². The van der Waals surface area contributed by atoms with E-state index in [1.807, 2.05) is 12.1 Å². The molecule has 1 saturated heterocycles. The maximum atomic E-state index is 5.89. The van der Waals surface area contributed by atoms with Crippen LogP contribution >= 0.6 is 0 Å². The second-order valence-electron chi connectivity index (χ2n) is 4.37. The molecule has 0 amide bonds. The van der Waals surface area contributed by atoms with Crippen molar-refractivity contribution in [1.82, 2.24) is 5.32 Å². The highest BCUT2D eigenvalue weighted by molar-refractivity contribution is 5.43. The Balaban J connectivity index is 2.04. The number of methoxy groups -OCH3 is 1. The van der Waals surface area contributed by atoms with Crippen LogP contribution in [0.15, 0.2) is 18.2 Å². The Morgan fingerprint density at radius 2 is 2.28 bits per heavy atom. The third kappa shape index (κ3) is 3.37. The van der Waals surface area contributed by atoms with Crippen LogP contribution in [-0.4, -0.2) is 33.0 Å². The summed E-state index contributed by atoms with van der Waals surface area (Å²) in [6, 6.07) is 6.06. The summed E-state index contributed by atoms with van der Waals surface area (Å²) >= 11 is 0. The van der Waals surface area contributed by atoms with Crippen LogP contribution in [0.5, 0.6) is 11.5 Å². The lowest BCUT2D eigenvalue weighted by atomic mass is 10.2. The SMILES string of the molecule is CCNCc1ccc(OC2CCOC2)c(OC)c1. The average molecular weight is 251 g/mol. The molecule has 1 atom stereocenters. The minimum absolute atomic E-state index is 0.151. The second-order valence-corrected chi connectivity index (χ2v) is 4.37. The highest BCUT2D eigenvalue weighted by Crippen LogP contribution is 2.30. The van der Waals surface area contributed by atoms with E-state index >= 15 is 0 Å². The zero-order valence-electron chi connectivity index (χ0n) is 11.1. The molecule has 1 fully saturated rings. The Bertz CT molecular complexity index is 375. The molecule has 1 aliphatic heterocycles. The van der Waals surface area contributed by atoms with E-state index in [2.05, 4.69) is 18.3 Å². The number of rotatable bonds is 6. The first-order chi connectivity index (χ1) is 8.83. The molecule has 4 heteroatoms. The zero-order valence-corrected chi connectivity index (χ0v) is 11.1. The fourth-order valence-corrected chi connectivity index (χ4v) is 1.97. The summed E-state index contributed by atoms with van der Waals surface area (Å²) < 4.78 is 16.6. The van der Waals surface area contributed by atoms with Gasteiger partial charge >= 0.3 is 0 Å². The van der Waals surface area contributed by atoms with Crippen molar-refractivity contribution in [2.75, 3.05) is 26.9 Å². The number of nitrogens with one attached hydrogen (secondary N) is 1. The van der Waals surface area contributed by atoms with Gasteiger partial charge in [-0.05, 0) is 24.2 Å². The average Bonchev–Trinajstić information content (AvgIpc) is 2.90. The topological polar surface area (TPSA) is 39.7 Å². The number of ether oxygens (including phenoxy) is 3. The Labute approximate surface area is 108 Å². The minimum Gasteiger partial charge on any atom is -0.493 e. The highest BCUT2D eigenvalue weighted by atomic mass is 16.6. The molecule has 1 aromatic carbocycles. The summed E-state index contributed by atoms with van der Waals surface area (Å²) in [7, 11) is 1.67. The lowest BCUT2D eigenvalue weighted by molar-refractivity contribution is 0.138. The number of hydrogen-bond donors (Lipinski definition) is 1. The molecule has 0 spiro atoms. The Kier molecular flexibility index (Phi) is 4.84. The molecular formula is C14H21NO3. The van der Waals surface area contributed by atoms with Crippen LogP contribution in [-0.2, 0) is 11.3 Å². The van der Waals surface area contributed by atoms with Gasteiger partial charge in [0.1, 0.15) is 6.10 Å². The van der Waals surface area contributed by atoms with Gasteiger partial charge in [0.15, 0.2) is 11.5 Å². The summed E-state index contributed by atoms with van der Waals surface area (Å²) in [5.74, 6) is 1.59. The van der Waals surface area contributed by atoms with Crippen LogP contribution in [0.1, 0.15) is 18.9 Å². The van der Waals surface area contributed by atoms with Crippen LogP contribution in [0.3, 0.4) is 0 Å². The molecule has 2 rings (SSSR count). The standard InChI is InChI=1S/C14H21NO3/c1-3-15-9-11-4-5-13(14(8-11)16-2)18-12-6-7-17-10-12/h4-5,8,12,15H,3,6-7,9-10H2,1-2H3. The van der Waals surface area contributed by atoms with Crippen LogP contribution in [0.4, 0.5) is 0 Å². The predicted molar refractivity (Wildman–Crippen MR) is 70.2 cm³/mol. The van der Waals surface area contributed by atoms with E-state index in [9.17, 15) is 0 Å². The van der Waals surface area contributed by atoms with E-state index in [1.165, 1.54) is 5.56 Å². The third-order valence-corrected chi connectivity index (χ3v) is 2.99. The Hall–Kier alpha value is -1.26. The largest absolute Gasteiger partial charge is 0.493 e. The Morgan fingerprint density at radius 3 is 2.94 bits per heavy atom. The molecule has 100 valence electrons. The van der Waals surface area contributed by atoms with Crippen molar-refractivity contribution in [1.29, 1.82) is 0 Å². The van der Waals surface area contributed by atoms with E-state index in [-0.39, 0.29) is 6.10 Å². The summed E-state index contributed by atoms with van der Waals surface area (Å²) in [5, 5.41) is 3.29. The third-order valence-electron chi connectivity index (χ3n) is 2.99. The van der Waals surface area contributed by atoms with Gasteiger partial charge in [-0.15, -0.1) is 0 Å². The van der Waals surface area contributed by atoms with Crippen molar-refractivity contribution in [2.45, 2.75) is 26.0 Å². The van der Waals surface area contributed by atoms with E-state index < -0.39 is 0 Å². The molecule has 4 nitrogen and oxygen atoms in total. The van der Waals surface area contributed by atoms with Gasteiger partial charge in [-0.25, -0.2) is 0 Å². The first kappa shape index (κ1) is 13.2. The summed E-state index contributed by atoms with van der Waals surface area (Å²) in [6.07, 6.45) is 1.10. The van der Waals surface area contributed by atoms with Crippen LogP contribution in [0.2, 0.25) is 0 Å². The molecule has 1 aliphatic rings. The normalized spacial score (nSPS) is 18.9. The van der Waals surface area contributed by atoms with Gasteiger partial charge < -0.3 is 19.5 Å². The molecule has 18 heavy (non-hydrogen) atoms. The van der Waals surface area contributed by atoms with Gasteiger partial charge in [-0.2, -0.15) is 0 Å². The van der Waals surface area contributed by atoms with Gasteiger partial charge in [0.05, 0.1) is 20.3 Å². The van der Waals surface area contributed by atoms with Crippen molar-refractivity contribution in [3.8, 4) is 11.5 Å². The molecule has 1 unspecified atom stereocenters. The van der Waals surface area contributed by atoms with Crippen molar-refractivity contribution >= 4 is 0 Å². The van der Waals surface area contributed by atoms with Crippen molar-refractivity contribution < 1.29 is 14.2 Å². The first-order valence-electron chi connectivity index (χ1n) is 6.45. The molecule has 0 bridgehead atoms. The zero-order chi connectivity index (χ0) is 12.8.